The van der Waals surface area contributed by atoms with Gasteiger partial charge in [-0.25, -0.2) is 0 Å². The second-order valence-corrected chi connectivity index (χ2v) is 15.1. The van der Waals surface area contributed by atoms with E-state index in [1.54, 1.807) is 0 Å². The van der Waals surface area contributed by atoms with Gasteiger partial charge in [0.25, 0.3) is 0 Å². The molecule has 1 aliphatic carbocycles. The number of Topliss-reactive ketones (excluding diaryl/α,β-unsaturated/α-hetero) is 2. The molecule has 5 atom stereocenters. The molecular weight excluding hydrogens is 632 g/mol. The third kappa shape index (κ3) is 12.5. The molecule has 0 heterocycles. The quantitative estimate of drug-likeness (QED) is 0.0847. The molecule has 0 radical (unpaired) electrons. The Morgan fingerprint density at radius 3 is 2.04 bits per heavy atom. The van der Waals surface area contributed by atoms with E-state index in [9.17, 15) is 29.1 Å². The first-order chi connectivity index (χ1) is 23.7. The Kier molecular flexibility index (Phi) is 15.8. The summed E-state index contributed by atoms with van der Waals surface area (Å²) in [6.07, 6.45) is 6.13. The van der Waals surface area contributed by atoms with Crippen LogP contribution in [0.4, 0.5) is 0 Å². The number of aliphatic hydroxyl groups is 1. The lowest BCUT2D eigenvalue weighted by Gasteiger charge is -2.29. The van der Waals surface area contributed by atoms with Crippen molar-refractivity contribution >= 4 is 29.3 Å². The first kappa shape index (κ1) is 40.5. The number of rotatable bonds is 21. The van der Waals surface area contributed by atoms with Crippen LogP contribution in [0.3, 0.4) is 0 Å². The van der Waals surface area contributed by atoms with Crippen LogP contribution in [-0.4, -0.2) is 85.3 Å². The lowest BCUT2D eigenvalue weighted by molar-refractivity contribution is -0.870. The number of quaternary nitrogens is 1. The maximum Gasteiger partial charge on any atom is 0.242 e. The SMILES string of the molecule is CC[C@H](C)C(NC(=O)[C@@H](CC(=O)c1ccc(-c2ccccc2)cc1)C1CCCC1)C(=O)C[C@@H](CCCC[N+](C)(C)C)C(=O)N[C@@H](CO)C(N)=O. The molecule has 10 nitrogen and oxygen atoms in total. The van der Waals surface area contributed by atoms with Gasteiger partial charge < -0.3 is 26.0 Å². The molecule has 0 aliphatic heterocycles. The number of nitrogens with zero attached hydrogens (tertiary/aromatic N) is 1. The highest BCUT2D eigenvalue weighted by atomic mass is 16.3. The Morgan fingerprint density at radius 2 is 1.48 bits per heavy atom. The van der Waals surface area contributed by atoms with Gasteiger partial charge in [0, 0.05) is 30.2 Å². The summed E-state index contributed by atoms with van der Waals surface area (Å²) in [4.78, 5) is 66.8. The molecule has 0 aromatic heterocycles. The van der Waals surface area contributed by atoms with Crippen molar-refractivity contribution in [2.24, 2.45) is 29.4 Å². The number of nitrogens with one attached hydrogen (secondary N) is 2. The van der Waals surface area contributed by atoms with Crippen molar-refractivity contribution in [2.45, 2.75) is 90.1 Å². The van der Waals surface area contributed by atoms with Crippen molar-refractivity contribution in [2.75, 3.05) is 34.3 Å². The topological polar surface area (TPSA) is 156 Å². The van der Waals surface area contributed by atoms with Gasteiger partial charge in [-0.3, -0.25) is 24.0 Å². The van der Waals surface area contributed by atoms with Gasteiger partial charge >= 0.3 is 0 Å². The monoisotopic (exact) mass is 691 g/mol. The number of hydrogen-bond donors (Lipinski definition) is 4. The minimum absolute atomic E-state index is 0.0409. The normalized spacial score (nSPS) is 16.5. The minimum Gasteiger partial charge on any atom is -0.394 e. The second-order valence-electron chi connectivity index (χ2n) is 15.1. The number of hydrogen-bond acceptors (Lipinski definition) is 6. The molecule has 10 heteroatoms. The van der Waals surface area contributed by atoms with Crippen molar-refractivity contribution in [1.82, 2.24) is 10.6 Å². The number of nitrogens with two attached hydrogens (primary N) is 1. The zero-order valence-electron chi connectivity index (χ0n) is 30.7. The molecule has 0 spiro atoms. The largest absolute Gasteiger partial charge is 0.394 e. The Balaban J connectivity index is 1.78. The van der Waals surface area contributed by atoms with Gasteiger partial charge in [0.15, 0.2) is 11.6 Å². The number of amides is 3. The van der Waals surface area contributed by atoms with Crippen LogP contribution in [0.15, 0.2) is 54.6 Å². The standard InChI is InChI=1S/C40H58N4O6/c1-6-27(2)37(36(47)24-32(18-12-13-23-44(3,4)5)39(49)42-34(26-45)38(41)48)43-40(50)33(30-16-10-11-17-30)25-35(46)31-21-19-29(20-22-31)28-14-8-7-9-15-28/h7-9,14-15,19-22,27,30,32-34,37,45H,6,10-13,16-18,23-26H2,1-5H3,(H3-,41,42,43,48,49,50)/p+1/t27-,32+,33-,34-,37?/m0/s1. The van der Waals surface area contributed by atoms with Gasteiger partial charge in [-0.2, -0.15) is 0 Å². The molecular formula is C40H59N4O6+. The predicted molar refractivity (Wildman–Crippen MR) is 196 cm³/mol. The number of ketones is 2. The third-order valence-electron chi connectivity index (χ3n) is 10.2. The Bertz CT molecular complexity index is 1420. The zero-order valence-corrected chi connectivity index (χ0v) is 30.7. The molecule has 1 unspecified atom stereocenters. The third-order valence-corrected chi connectivity index (χ3v) is 10.2. The van der Waals surface area contributed by atoms with Gasteiger partial charge in [-0.05, 0) is 55.1 Å². The fraction of sp³-hybridized carbons (Fsp3) is 0.575. The van der Waals surface area contributed by atoms with Crippen LogP contribution < -0.4 is 16.4 Å². The van der Waals surface area contributed by atoms with Crippen LogP contribution in [0.25, 0.3) is 11.1 Å². The summed E-state index contributed by atoms with van der Waals surface area (Å²) in [7, 11) is 6.25. The van der Waals surface area contributed by atoms with Crippen LogP contribution in [0.5, 0.6) is 0 Å². The number of carbonyl (C=O) groups excluding carboxylic acids is 5. The van der Waals surface area contributed by atoms with E-state index in [-0.39, 0.29) is 42.2 Å². The lowest BCUT2D eigenvalue weighted by Crippen LogP contribution is -2.51. The first-order valence-corrected chi connectivity index (χ1v) is 18.3. The summed E-state index contributed by atoms with van der Waals surface area (Å²) in [6, 6.07) is 15.3. The maximum absolute atomic E-state index is 14.1. The Labute approximate surface area is 298 Å². The van der Waals surface area contributed by atoms with Gasteiger partial charge in [-0.1, -0.05) is 87.7 Å². The number of unbranched alkanes of at least 4 members (excludes halogenated alkanes) is 1. The highest BCUT2D eigenvalue weighted by Gasteiger charge is 2.37. The van der Waals surface area contributed by atoms with Crippen molar-refractivity contribution < 1.29 is 33.6 Å². The van der Waals surface area contributed by atoms with E-state index < -0.39 is 42.3 Å². The molecule has 3 rings (SSSR count). The Morgan fingerprint density at radius 1 is 0.860 bits per heavy atom. The van der Waals surface area contributed by atoms with Crippen LogP contribution in [0.2, 0.25) is 0 Å². The summed E-state index contributed by atoms with van der Waals surface area (Å²) in [5.74, 6) is -3.58. The number of primary amides is 1. The van der Waals surface area contributed by atoms with E-state index in [0.29, 0.717) is 24.8 Å². The fourth-order valence-electron chi connectivity index (χ4n) is 6.83. The summed E-state index contributed by atoms with van der Waals surface area (Å²) in [5.41, 5.74) is 7.96. The molecule has 0 saturated heterocycles. The molecule has 1 fully saturated rings. The smallest absolute Gasteiger partial charge is 0.242 e. The van der Waals surface area contributed by atoms with E-state index >= 15 is 0 Å². The average Bonchev–Trinajstić information content (AvgIpc) is 3.63. The lowest BCUT2D eigenvalue weighted by atomic mass is 9.83. The van der Waals surface area contributed by atoms with E-state index in [4.69, 9.17) is 5.73 Å². The van der Waals surface area contributed by atoms with Gasteiger partial charge in [0.2, 0.25) is 17.7 Å². The van der Waals surface area contributed by atoms with Gasteiger partial charge in [0.05, 0.1) is 40.3 Å². The van der Waals surface area contributed by atoms with Crippen molar-refractivity contribution in [3.8, 4) is 11.1 Å². The van der Waals surface area contributed by atoms with Gasteiger partial charge in [0.1, 0.15) is 6.04 Å². The van der Waals surface area contributed by atoms with Crippen molar-refractivity contribution in [3.63, 3.8) is 0 Å². The van der Waals surface area contributed by atoms with Crippen molar-refractivity contribution in [1.29, 1.82) is 0 Å². The van der Waals surface area contributed by atoms with Crippen LogP contribution in [-0.2, 0) is 19.2 Å². The summed E-state index contributed by atoms with van der Waals surface area (Å²) >= 11 is 0. The summed E-state index contributed by atoms with van der Waals surface area (Å²) in [5, 5.41) is 15.1. The summed E-state index contributed by atoms with van der Waals surface area (Å²) in [6.45, 7) is 4.08. The molecule has 274 valence electrons. The first-order valence-electron chi connectivity index (χ1n) is 18.3. The van der Waals surface area contributed by atoms with E-state index in [0.717, 1.165) is 54.3 Å². The predicted octanol–water partition coefficient (Wildman–Crippen LogP) is 4.68. The molecule has 5 N–H and O–H groups in total. The van der Waals surface area contributed by atoms with Crippen molar-refractivity contribution in [3.05, 3.63) is 60.2 Å². The minimum atomic E-state index is -1.25. The molecule has 1 aliphatic rings. The van der Waals surface area contributed by atoms with Crippen LogP contribution in [0.1, 0.15) is 88.4 Å². The molecule has 1 saturated carbocycles. The van der Waals surface area contributed by atoms with Crippen LogP contribution in [0, 0.1) is 23.7 Å². The fourth-order valence-corrected chi connectivity index (χ4v) is 6.83. The Hall–Kier alpha value is -3.89. The molecule has 3 amide bonds. The maximum atomic E-state index is 14.1. The summed E-state index contributed by atoms with van der Waals surface area (Å²) < 4.78 is 0.760. The van der Waals surface area contributed by atoms with E-state index in [1.165, 1.54) is 0 Å². The highest BCUT2D eigenvalue weighted by molar-refractivity contribution is 6.00. The molecule has 2 aromatic rings. The van der Waals surface area contributed by atoms with Crippen LogP contribution >= 0.6 is 0 Å². The molecule has 2 aromatic carbocycles. The number of benzene rings is 2. The van der Waals surface area contributed by atoms with E-state index in [2.05, 4.69) is 31.8 Å². The molecule has 0 bridgehead atoms. The highest BCUT2D eigenvalue weighted by Crippen LogP contribution is 2.35. The van der Waals surface area contributed by atoms with E-state index in [1.807, 2.05) is 68.4 Å². The number of aliphatic hydroxyl groups excluding tert-OH is 1. The van der Waals surface area contributed by atoms with Gasteiger partial charge in [-0.15, -0.1) is 0 Å². The number of carbonyl (C=O) groups is 5. The zero-order chi connectivity index (χ0) is 36.8. The molecule has 50 heavy (non-hydrogen) atoms. The second kappa shape index (κ2) is 19.5. The average molecular weight is 692 g/mol.